The number of aromatic nitrogens is 2. The van der Waals surface area contributed by atoms with Gasteiger partial charge in [0.2, 0.25) is 5.91 Å². The van der Waals surface area contributed by atoms with Crippen molar-refractivity contribution < 1.29 is 31.1 Å². The number of hydrogen-bond donors (Lipinski definition) is 0. The molecule has 0 saturated carbocycles. The second-order valence-electron chi connectivity index (χ2n) is 7.97. The van der Waals surface area contributed by atoms with Gasteiger partial charge in [-0.3, -0.25) is 4.79 Å². The first-order valence-electron chi connectivity index (χ1n) is 9.77. The molecular weight excluding hydrogens is 444 g/mol. The van der Waals surface area contributed by atoms with E-state index in [2.05, 4.69) is 0 Å². The van der Waals surface area contributed by atoms with Gasteiger partial charge in [0.1, 0.15) is 11.9 Å². The molecule has 3 heterocycles. The smallest absolute Gasteiger partial charge is 0.330 e. The minimum Gasteiger partial charge on any atom is -0.330 e. The van der Waals surface area contributed by atoms with Crippen molar-refractivity contribution in [2.75, 3.05) is 6.54 Å². The second kappa shape index (κ2) is 7.68. The van der Waals surface area contributed by atoms with E-state index in [0.717, 1.165) is 11.0 Å². The first-order chi connectivity index (χ1) is 14.5. The van der Waals surface area contributed by atoms with Crippen LogP contribution in [-0.4, -0.2) is 38.7 Å². The Morgan fingerprint density at radius 1 is 1.19 bits per heavy atom. The van der Waals surface area contributed by atoms with Crippen molar-refractivity contribution in [3.63, 3.8) is 0 Å². The average Bonchev–Trinajstić information content (AvgIpc) is 3.39. The van der Waals surface area contributed by atoms with Crippen molar-refractivity contribution >= 4 is 18.1 Å². The third-order valence-electron chi connectivity index (χ3n) is 6.18. The maximum atomic E-state index is 14.3. The summed E-state index contributed by atoms with van der Waals surface area (Å²) in [5.41, 5.74) is 0.536. The predicted octanol–water partition coefficient (Wildman–Crippen LogP) is 4.41. The van der Waals surface area contributed by atoms with Crippen LogP contribution in [0.1, 0.15) is 35.7 Å². The van der Waals surface area contributed by atoms with Crippen LogP contribution >= 0.6 is 12.2 Å². The Balaban J connectivity index is 1.63. The molecular formula is C20H19F6N3OS. The quantitative estimate of drug-likeness (QED) is 0.384. The summed E-state index contributed by atoms with van der Waals surface area (Å²) < 4.78 is 85.3. The minimum atomic E-state index is -4.50. The van der Waals surface area contributed by atoms with Crippen LogP contribution in [0.3, 0.4) is 0 Å². The lowest BCUT2D eigenvalue weighted by Crippen LogP contribution is -2.45. The van der Waals surface area contributed by atoms with Crippen LogP contribution in [0, 0.1) is 22.2 Å². The first kappa shape index (κ1) is 21.9. The number of halogens is 6. The normalized spacial score (nSPS) is 21.1. The van der Waals surface area contributed by atoms with E-state index in [1.807, 2.05) is 0 Å². The summed E-state index contributed by atoms with van der Waals surface area (Å²) in [5.74, 6) is -4.73. The van der Waals surface area contributed by atoms with Gasteiger partial charge in [0.15, 0.2) is 16.4 Å². The number of nitrogens with zero attached hydrogens (tertiary/aromatic N) is 3. The maximum absolute atomic E-state index is 14.3. The highest BCUT2D eigenvalue weighted by Gasteiger charge is 2.47. The number of carbonyl (C=O) groups excluding carboxylic acids is 1. The van der Waals surface area contributed by atoms with Crippen LogP contribution in [0.2, 0.25) is 0 Å². The zero-order chi connectivity index (χ0) is 22.7. The van der Waals surface area contributed by atoms with Crippen LogP contribution in [0.15, 0.2) is 12.1 Å². The second-order valence-corrected chi connectivity index (χ2v) is 8.33. The van der Waals surface area contributed by atoms with Gasteiger partial charge in [-0.2, -0.15) is 13.2 Å². The molecule has 31 heavy (non-hydrogen) atoms. The molecule has 1 saturated heterocycles. The van der Waals surface area contributed by atoms with E-state index in [1.54, 1.807) is 11.6 Å². The van der Waals surface area contributed by atoms with Crippen molar-refractivity contribution in [2.45, 2.75) is 50.4 Å². The molecule has 2 aliphatic rings. The van der Waals surface area contributed by atoms with E-state index in [0.29, 0.717) is 17.5 Å². The Morgan fingerprint density at radius 2 is 1.87 bits per heavy atom. The number of carbonyl (C=O) groups is 1. The Labute approximate surface area is 179 Å². The lowest BCUT2D eigenvalue weighted by atomic mass is 9.95. The molecule has 4 rings (SSSR count). The molecule has 2 unspecified atom stereocenters. The fourth-order valence-electron chi connectivity index (χ4n) is 4.68. The SMILES string of the molecule is Cn1c(CC(=O)N2CCCC2C(F)(F)F)c2n(c1=S)CC(c1c(F)ccc(F)c1F)C2. The van der Waals surface area contributed by atoms with Crippen molar-refractivity contribution in [3.05, 3.63) is 51.3 Å². The van der Waals surface area contributed by atoms with Crippen molar-refractivity contribution in [2.24, 2.45) is 7.05 Å². The third-order valence-corrected chi connectivity index (χ3v) is 6.68. The highest BCUT2D eigenvalue weighted by molar-refractivity contribution is 7.71. The summed E-state index contributed by atoms with van der Waals surface area (Å²) in [6, 6.07) is -0.253. The topological polar surface area (TPSA) is 30.2 Å². The predicted molar refractivity (Wildman–Crippen MR) is 101 cm³/mol. The van der Waals surface area contributed by atoms with E-state index in [9.17, 15) is 31.1 Å². The zero-order valence-corrected chi connectivity index (χ0v) is 17.3. The van der Waals surface area contributed by atoms with Gasteiger partial charge in [-0.05, 0) is 43.6 Å². The zero-order valence-electron chi connectivity index (χ0n) is 16.5. The van der Waals surface area contributed by atoms with Crippen LogP contribution in [0.4, 0.5) is 26.3 Å². The summed E-state index contributed by atoms with van der Waals surface area (Å²) in [5, 5.41) is 0. The number of benzene rings is 1. The van der Waals surface area contributed by atoms with Crippen molar-refractivity contribution in [3.8, 4) is 0 Å². The first-order valence-corrected chi connectivity index (χ1v) is 10.2. The molecule has 0 bridgehead atoms. The lowest BCUT2D eigenvalue weighted by molar-refractivity contribution is -0.182. The number of hydrogen-bond acceptors (Lipinski definition) is 2. The summed E-state index contributed by atoms with van der Waals surface area (Å²) >= 11 is 5.36. The van der Waals surface area contributed by atoms with Gasteiger partial charge in [0.25, 0.3) is 0 Å². The monoisotopic (exact) mass is 463 g/mol. The molecule has 4 nitrogen and oxygen atoms in total. The van der Waals surface area contributed by atoms with Gasteiger partial charge in [-0.15, -0.1) is 0 Å². The summed E-state index contributed by atoms with van der Waals surface area (Å²) in [7, 11) is 1.60. The summed E-state index contributed by atoms with van der Waals surface area (Å²) in [4.78, 5) is 13.6. The Hall–Kier alpha value is -2.30. The molecule has 2 atom stereocenters. The van der Waals surface area contributed by atoms with E-state index in [-0.39, 0.29) is 43.5 Å². The number of likely N-dealkylation sites (tertiary alicyclic amines) is 1. The molecule has 2 aromatic rings. The molecule has 0 aliphatic carbocycles. The summed E-state index contributed by atoms with van der Waals surface area (Å²) in [6.07, 6.45) is -4.59. The van der Waals surface area contributed by atoms with Crippen molar-refractivity contribution in [1.82, 2.24) is 14.0 Å². The minimum absolute atomic E-state index is 0.0197. The number of imidazole rings is 1. The Bertz CT molecular complexity index is 1110. The van der Waals surface area contributed by atoms with Gasteiger partial charge >= 0.3 is 6.18 Å². The lowest BCUT2D eigenvalue weighted by Gasteiger charge is -2.26. The molecule has 1 amide bonds. The highest BCUT2D eigenvalue weighted by atomic mass is 32.1. The molecule has 1 aromatic carbocycles. The third kappa shape index (κ3) is 3.66. The summed E-state index contributed by atoms with van der Waals surface area (Å²) in [6.45, 7) is 0.105. The number of rotatable bonds is 3. The van der Waals surface area contributed by atoms with Gasteiger partial charge in [-0.1, -0.05) is 0 Å². The molecule has 0 spiro atoms. The van der Waals surface area contributed by atoms with Crippen molar-refractivity contribution in [1.29, 1.82) is 0 Å². The molecule has 168 valence electrons. The largest absolute Gasteiger partial charge is 0.408 e. The van der Waals surface area contributed by atoms with E-state index >= 15 is 0 Å². The number of alkyl halides is 3. The number of fused-ring (bicyclic) bond motifs is 1. The van der Waals surface area contributed by atoms with Gasteiger partial charge in [0, 0.05) is 43.0 Å². The van der Waals surface area contributed by atoms with Gasteiger partial charge in [-0.25, -0.2) is 13.2 Å². The number of amides is 1. The molecule has 2 aliphatic heterocycles. The van der Waals surface area contributed by atoms with Crippen LogP contribution in [0.25, 0.3) is 0 Å². The van der Waals surface area contributed by atoms with E-state index in [1.165, 1.54) is 4.57 Å². The molecule has 0 radical (unpaired) electrons. The molecule has 1 fully saturated rings. The van der Waals surface area contributed by atoms with Crippen LogP contribution < -0.4 is 0 Å². The fourth-order valence-corrected chi connectivity index (χ4v) is 4.97. The highest BCUT2D eigenvalue weighted by Crippen LogP contribution is 2.37. The molecule has 11 heteroatoms. The average molecular weight is 463 g/mol. The van der Waals surface area contributed by atoms with Gasteiger partial charge < -0.3 is 14.0 Å². The van der Waals surface area contributed by atoms with E-state index in [4.69, 9.17) is 12.2 Å². The Kier molecular flexibility index (Phi) is 5.43. The van der Waals surface area contributed by atoms with Crippen LogP contribution in [0.5, 0.6) is 0 Å². The van der Waals surface area contributed by atoms with Crippen LogP contribution in [-0.2, 0) is 31.2 Å². The van der Waals surface area contributed by atoms with E-state index < -0.39 is 47.1 Å². The maximum Gasteiger partial charge on any atom is 0.408 e. The molecule has 0 N–H and O–H groups in total. The Morgan fingerprint density at radius 3 is 2.55 bits per heavy atom. The standard InChI is InChI=1S/C20H19F6N3OS/c1-27-13(8-16(30)28-6-2-3-15(28)20(24,25)26)14-7-10(9-29(14)19(27)31)17-11(21)4-5-12(22)18(17)23/h4-5,10,15H,2-3,6-9H2,1H3. The fraction of sp³-hybridized carbons (Fsp3) is 0.500. The molecule has 1 aromatic heterocycles. The van der Waals surface area contributed by atoms with Gasteiger partial charge in [0.05, 0.1) is 6.42 Å².